The van der Waals surface area contributed by atoms with Gasteiger partial charge in [0.15, 0.2) is 5.65 Å². The third-order valence-corrected chi connectivity index (χ3v) is 4.94. The number of rotatable bonds is 3. The van der Waals surface area contributed by atoms with Crippen LogP contribution in [0.2, 0.25) is 0 Å². The van der Waals surface area contributed by atoms with Crippen molar-refractivity contribution >= 4 is 16.9 Å². The molecule has 7 heteroatoms. The van der Waals surface area contributed by atoms with Crippen molar-refractivity contribution in [3.8, 4) is 11.4 Å². The van der Waals surface area contributed by atoms with Gasteiger partial charge in [-0.2, -0.15) is 5.10 Å². The maximum Gasteiger partial charge on any atom is 0.164 e. The summed E-state index contributed by atoms with van der Waals surface area (Å²) in [5.41, 5.74) is 8.39. The Morgan fingerprint density at radius 1 is 1.12 bits per heavy atom. The fourth-order valence-electron chi connectivity index (χ4n) is 3.54. The molecule has 0 spiro atoms. The first-order valence-electron chi connectivity index (χ1n) is 9.27. The van der Waals surface area contributed by atoms with E-state index in [0.29, 0.717) is 17.8 Å². The van der Waals surface area contributed by atoms with E-state index in [1.807, 2.05) is 24.6 Å². The van der Waals surface area contributed by atoms with Gasteiger partial charge < -0.3 is 10.3 Å². The van der Waals surface area contributed by atoms with Gasteiger partial charge in [-0.1, -0.05) is 31.8 Å². The van der Waals surface area contributed by atoms with Crippen LogP contribution in [-0.4, -0.2) is 24.9 Å². The Kier molecular flexibility index (Phi) is 4.15. The largest absolute Gasteiger partial charge is 0.383 e. The van der Waals surface area contributed by atoms with Gasteiger partial charge in [-0.05, 0) is 25.7 Å². The van der Waals surface area contributed by atoms with Crippen molar-refractivity contribution in [1.29, 1.82) is 0 Å². The topological polar surface area (TPSA) is 95.7 Å². The van der Waals surface area contributed by atoms with Gasteiger partial charge in [0.2, 0.25) is 0 Å². The van der Waals surface area contributed by atoms with Gasteiger partial charge in [0.25, 0.3) is 0 Å². The molecule has 0 radical (unpaired) electrons. The number of aromatic nitrogens is 5. The van der Waals surface area contributed by atoms with Crippen LogP contribution in [-0.2, 0) is 0 Å². The lowest BCUT2D eigenvalue weighted by atomic mass is 10.2. The van der Waals surface area contributed by atoms with Crippen LogP contribution in [0.25, 0.3) is 22.4 Å². The normalized spacial score (nSPS) is 17.7. The molecule has 2 aliphatic carbocycles. The molecule has 132 valence electrons. The predicted octanol–water partition coefficient (Wildman–Crippen LogP) is 4.08. The maximum absolute atomic E-state index is 6.12. The molecule has 5 rings (SSSR count). The average molecular weight is 340 g/mol. The molecule has 0 atom stereocenters. The van der Waals surface area contributed by atoms with E-state index in [0.717, 1.165) is 41.0 Å². The fraction of sp³-hybridized carbons (Fsp3) is 0.556. The van der Waals surface area contributed by atoms with Crippen molar-refractivity contribution < 1.29 is 4.52 Å². The summed E-state index contributed by atoms with van der Waals surface area (Å²) in [6.07, 6.45) is 8.59. The molecule has 2 N–H and O–H groups in total. The molecule has 7 nitrogen and oxygen atoms in total. The standard InChI is InChI=1S/C16H18N6O.C2H6/c17-15-13-14(11-7-12(23-21-11)9-5-6-9)20-22(10-3-1-2-4-10)16(13)19-8-18-15;1-2/h7-10H,1-6H2,(H2,17,18,19);1-2H3. The Labute approximate surface area is 146 Å². The molecule has 2 aliphatic rings. The van der Waals surface area contributed by atoms with Crippen molar-refractivity contribution in [3.63, 3.8) is 0 Å². The van der Waals surface area contributed by atoms with Crippen LogP contribution in [0.1, 0.15) is 70.1 Å². The average Bonchev–Trinajstić information content (AvgIpc) is 3.07. The van der Waals surface area contributed by atoms with Crippen LogP contribution in [0.15, 0.2) is 16.9 Å². The van der Waals surface area contributed by atoms with E-state index >= 15 is 0 Å². The first-order valence-corrected chi connectivity index (χ1v) is 9.27. The minimum absolute atomic E-state index is 0.385. The number of nitrogens with two attached hydrogens (primary N) is 1. The summed E-state index contributed by atoms with van der Waals surface area (Å²) < 4.78 is 7.50. The highest BCUT2D eigenvalue weighted by molar-refractivity contribution is 5.97. The molecule has 2 saturated carbocycles. The third-order valence-electron chi connectivity index (χ3n) is 4.94. The van der Waals surface area contributed by atoms with Gasteiger partial charge in [-0.15, -0.1) is 0 Å². The van der Waals surface area contributed by atoms with E-state index in [4.69, 9.17) is 15.4 Å². The molecule has 0 amide bonds. The molecule has 25 heavy (non-hydrogen) atoms. The number of hydrogen-bond acceptors (Lipinski definition) is 6. The minimum Gasteiger partial charge on any atom is -0.383 e. The van der Waals surface area contributed by atoms with Crippen molar-refractivity contribution in [2.75, 3.05) is 5.73 Å². The van der Waals surface area contributed by atoms with E-state index in [2.05, 4.69) is 15.1 Å². The monoisotopic (exact) mass is 340 g/mol. The van der Waals surface area contributed by atoms with Gasteiger partial charge in [-0.3, -0.25) is 0 Å². The van der Waals surface area contributed by atoms with E-state index in [9.17, 15) is 0 Å². The number of hydrogen-bond donors (Lipinski definition) is 1. The van der Waals surface area contributed by atoms with Crippen LogP contribution < -0.4 is 5.73 Å². The van der Waals surface area contributed by atoms with E-state index < -0.39 is 0 Å². The van der Waals surface area contributed by atoms with Crippen molar-refractivity contribution in [3.05, 3.63) is 18.2 Å². The lowest BCUT2D eigenvalue weighted by Crippen LogP contribution is -2.07. The van der Waals surface area contributed by atoms with Crippen LogP contribution in [0.4, 0.5) is 5.82 Å². The summed E-state index contributed by atoms with van der Waals surface area (Å²) in [5, 5.41) is 9.81. The molecule has 0 aromatic carbocycles. The highest BCUT2D eigenvalue weighted by Crippen LogP contribution is 2.42. The SMILES string of the molecule is CC.Nc1ncnc2c1c(-c1cc(C3CC3)on1)nn2C1CCCC1. The number of fused-ring (bicyclic) bond motifs is 1. The zero-order chi connectivity index (χ0) is 17.4. The van der Waals surface area contributed by atoms with Gasteiger partial charge in [0.1, 0.15) is 29.3 Å². The van der Waals surface area contributed by atoms with Gasteiger partial charge in [0, 0.05) is 12.0 Å². The summed E-state index contributed by atoms with van der Waals surface area (Å²) in [7, 11) is 0. The molecular formula is C18H24N6O. The zero-order valence-corrected chi connectivity index (χ0v) is 14.8. The smallest absolute Gasteiger partial charge is 0.164 e. The molecule has 0 bridgehead atoms. The Balaban J connectivity index is 0.000000758. The second-order valence-electron chi connectivity index (χ2n) is 6.58. The summed E-state index contributed by atoms with van der Waals surface area (Å²) in [6.45, 7) is 4.00. The first-order chi connectivity index (χ1) is 12.3. The molecule has 0 aliphatic heterocycles. The van der Waals surface area contributed by atoms with Crippen LogP contribution >= 0.6 is 0 Å². The number of anilines is 1. The minimum atomic E-state index is 0.385. The fourth-order valence-corrected chi connectivity index (χ4v) is 3.54. The Morgan fingerprint density at radius 3 is 2.60 bits per heavy atom. The highest BCUT2D eigenvalue weighted by atomic mass is 16.5. The van der Waals surface area contributed by atoms with E-state index in [1.165, 1.54) is 32.0 Å². The Bertz CT molecular complexity index is 873. The second kappa shape index (κ2) is 6.46. The maximum atomic E-state index is 6.12. The molecule has 0 saturated heterocycles. The van der Waals surface area contributed by atoms with Crippen LogP contribution in [0, 0.1) is 0 Å². The lowest BCUT2D eigenvalue weighted by molar-refractivity contribution is 0.386. The molecule has 2 fully saturated rings. The van der Waals surface area contributed by atoms with Crippen molar-refractivity contribution in [1.82, 2.24) is 24.9 Å². The molecule has 3 aromatic rings. The Hall–Kier alpha value is -2.44. The third kappa shape index (κ3) is 2.77. The van der Waals surface area contributed by atoms with Gasteiger partial charge in [0.05, 0.1) is 11.4 Å². The molecule has 0 unspecified atom stereocenters. The van der Waals surface area contributed by atoms with Crippen LogP contribution in [0.3, 0.4) is 0 Å². The molecule has 3 aromatic heterocycles. The predicted molar refractivity (Wildman–Crippen MR) is 96.1 cm³/mol. The van der Waals surface area contributed by atoms with E-state index in [1.54, 1.807) is 0 Å². The first kappa shape index (κ1) is 16.1. The van der Waals surface area contributed by atoms with Crippen molar-refractivity contribution in [2.45, 2.75) is 64.3 Å². The van der Waals surface area contributed by atoms with E-state index in [-0.39, 0.29) is 0 Å². The number of nitrogen functional groups attached to an aromatic ring is 1. The zero-order valence-electron chi connectivity index (χ0n) is 14.8. The second-order valence-corrected chi connectivity index (χ2v) is 6.58. The summed E-state index contributed by atoms with van der Waals surface area (Å²) >= 11 is 0. The summed E-state index contributed by atoms with van der Waals surface area (Å²) in [5.74, 6) is 1.91. The number of nitrogens with zero attached hydrogens (tertiary/aromatic N) is 5. The van der Waals surface area contributed by atoms with Gasteiger partial charge >= 0.3 is 0 Å². The highest BCUT2D eigenvalue weighted by Gasteiger charge is 2.30. The molecular weight excluding hydrogens is 316 g/mol. The summed E-state index contributed by atoms with van der Waals surface area (Å²) in [4.78, 5) is 8.58. The van der Waals surface area contributed by atoms with Crippen molar-refractivity contribution in [2.24, 2.45) is 0 Å². The van der Waals surface area contributed by atoms with Gasteiger partial charge in [-0.25, -0.2) is 14.6 Å². The lowest BCUT2D eigenvalue weighted by Gasteiger charge is -2.09. The Morgan fingerprint density at radius 2 is 1.88 bits per heavy atom. The quantitative estimate of drug-likeness (QED) is 0.771. The summed E-state index contributed by atoms with van der Waals surface area (Å²) in [6, 6.07) is 2.38. The van der Waals surface area contributed by atoms with Crippen LogP contribution in [0.5, 0.6) is 0 Å². The molecule has 3 heterocycles.